The molecule has 0 aromatic carbocycles. The zero-order valence-corrected chi connectivity index (χ0v) is 13.9. The van der Waals surface area contributed by atoms with Crippen LogP contribution < -0.4 is 5.11 Å². The summed E-state index contributed by atoms with van der Waals surface area (Å²) in [4.78, 5) is 39.2. The first kappa shape index (κ1) is 18.2. The fourth-order valence-electron chi connectivity index (χ4n) is 2.22. The van der Waals surface area contributed by atoms with E-state index in [1.165, 1.54) is 12.3 Å². The molecule has 1 unspecified atom stereocenters. The number of aliphatic imine (C=N–C) groups is 1. The van der Waals surface area contributed by atoms with Crippen LogP contribution in [0.5, 0.6) is 0 Å². The number of hydrogen-bond donors (Lipinski definition) is 0. The van der Waals surface area contributed by atoms with E-state index in [0.717, 1.165) is 0 Å². The zero-order chi connectivity index (χ0) is 17.1. The molecule has 0 aliphatic carbocycles. The lowest BCUT2D eigenvalue weighted by Gasteiger charge is -2.38. The maximum absolute atomic E-state index is 12.1. The van der Waals surface area contributed by atoms with Crippen molar-refractivity contribution in [3.63, 3.8) is 0 Å². The summed E-state index contributed by atoms with van der Waals surface area (Å²) in [7, 11) is 3.35. The largest absolute Gasteiger partial charge is 0.544 e. The molecule has 6 nitrogen and oxygen atoms in total. The summed E-state index contributed by atoms with van der Waals surface area (Å²) in [5.74, 6) is -0.823. The van der Waals surface area contributed by atoms with Crippen LogP contribution in [0.15, 0.2) is 17.3 Å². The number of likely N-dealkylation sites (N-methyl/N-ethyl adjacent to an activating group) is 1. The summed E-state index contributed by atoms with van der Waals surface area (Å²) in [6, 6.07) is -0.864. The van der Waals surface area contributed by atoms with Crippen LogP contribution in [0.1, 0.15) is 40.0 Å². The SMILES string of the molecule is CC(C)(C)C(=O)CCC(=O)CC1=NC=CC(C(=O)[O-])[N+]1(C)C. The molecule has 0 saturated carbocycles. The lowest BCUT2D eigenvalue weighted by molar-refractivity contribution is -0.815. The van der Waals surface area contributed by atoms with Gasteiger partial charge in [-0.2, -0.15) is 0 Å². The van der Waals surface area contributed by atoms with Crippen LogP contribution in [0.25, 0.3) is 0 Å². The van der Waals surface area contributed by atoms with Gasteiger partial charge in [0.05, 0.1) is 14.1 Å². The predicted octanol–water partition coefficient (Wildman–Crippen LogP) is 0.462. The highest BCUT2D eigenvalue weighted by atomic mass is 16.4. The van der Waals surface area contributed by atoms with Crippen LogP contribution in [-0.4, -0.2) is 48.0 Å². The number of Topliss-reactive ketones (excluding diaryl/α,β-unsaturated/α-hetero) is 2. The second-order valence-corrected chi connectivity index (χ2v) is 7.08. The topological polar surface area (TPSA) is 86.6 Å². The van der Waals surface area contributed by atoms with E-state index in [2.05, 4.69) is 4.99 Å². The quantitative estimate of drug-likeness (QED) is 0.667. The highest BCUT2D eigenvalue weighted by Crippen LogP contribution is 2.20. The Balaban J connectivity index is 2.69. The molecular formula is C16H24N2O4. The Morgan fingerprint density at radius 2 is 1.82 bits per heavy atom. The molecule has 0 radical (unpaired) electrons. The number of aliphatic carboxylic acids is 1. The third kappa shape index (κ3) is 4.34. The maximum atomic E-state index is 12.1. The van der Waals surface area contributed by atoms with E-state index in [0.29, 0.717) is 5.84 Å². The maximum Gasteiger partial charge on any atom is 0.210 e. The van der Waals surface area contributed by atoms with E-state index in [9.17, 15) is 19.5 Å². The molecule has 1 rings (SSSR count). The van der Waals surface area contributed by atoms with Crippen molar-refractivity contribution < 1.29 is 24.0 Å². The summed E-state index contributed by atoms with van der Waals surface area (Å²) >= 11 is 0. The molecule has 6 heteroatoms. The van der Waals surface area contributed by atoms with Gasteiger partial charge in [-0.15, -0.1) is 0 Å². The van der Waals surface area contributed by atoms with Crippen molar-refractivity contribution in [2.45, 2.75) is 46.1 Å². The smallest absolute Gasteiger partial charge is 0.210 e. The highest BCUT2D eigenvalue weighted by molar-refractivity contribution is 6.00. The Kier molecular flexibility index (Phi) is 5.40. The van der Waals surface area contributed by atoms with Crippen LogP contribution in [0, 0.1) is 5.41 Å². The zero-order valence-electron chi connectivity index (χ0n) is 13.9. The van der Waals surface area contributed by atoms with Gasteiger partial charge in [-0.1, -0.05) is 20.8 Å². The van der Waals surface area contributed by atoms with Gasteiger partial charge < -0.3 is 9.90 Å². The number of amidine groups is 1. The number of carboxylic acid groups (broad SMARTS) is 1. The molecule has 0 spiro atoms. The average Bonchev–Trinajstić information content (AvgIpc) is 2.36. The lowest BCUT2D eigenvalue weighted by atomic mass is 9.87. The van der Waals surface area contributed by atoms with E-state index < -0.39 is 17.4 Å². The number of carbonyl (C=O) groups excluding carboxylic acids is 3. The summed E-state index contributed by atoms with van der Waals surface area (Å²) in [5.41, 5.74) is -0.458. The van der Waals surface area contributed by atoms with Crippen molar-refractivity contribution in [2.75, 3.05) is 14.1 Å². The minimum atomic E-state index is -1.20. The molecule has 0 saturated heterocycles. The molecule has 0 amide bonds. The third-order valence-electron chi connectivity index (χ3n) is 3.92. The standard InChI is InChI=1S/C16H24N2O4/c1-16(2,3)13(20)7-6-11(19)10-14-17-9-8-12(15(21)22)18(14,4)5/h8-9,12H,6-7,10H2,1-5H3. The molecule has 1 aliphatic rings. The Morgan fingerprint density at radius 3 is 2.32 bits per heavy atom. The van der Waals surface area contributed by atoms with Gasteiger partial charge in [0.25, 0.3) is 0 Å². The summed E-state index contributed by atoms with van der Waals surface area (Å²) < 4.78 is -0.0439. The number of carboxylic acids is 1. The Hall–Kier alpha value is -1.82. The number of quaternary nitrogens is 1. The van der Waals surface area contributed by atoms with Crippen molar-refractivity contribution in [3.05, 3.63) is 12.3 Å². The summed E-state index contributed by atoms with van der Waals surface area (Å²) in [5, 5.41) is 11.2. The Labute approximate surface area is 131 Å². The van der Waals surface area contributed by atoms with Crippen LogP contribution in [0.2, 0.25) is 0 Å². The first-order valence-electron chi connectivity index (χ1n) is 7.29. The van der Waals surface area contributed by atoms with Crippen molar-refractivity contribution in [1.29, 1.82) is 0 Å². The van der Waals surface area contributed by atoms with Gasteiger partial charge in [-0.05, 0) is 6.08 Å². The summed E-state index contributed by atoms with van der Waals surface area (Å²) in [6.45, 7) is 5.46. The van der Waals surface area contributed by atoms with Crippen molar-refractivity contribution >= 4 is 23.4 Å². The summed E-state index contributed by atoms with van der Waals surface area (Å²) in [6.07, 6.45) is 3.23. The van der Waals surface area contributed by atoms with Gasteiger partial charge in [0.2, 0.25) is 5.84 Å². The number of carbonyl (C=O) groups is 3. The normalized spacial score (nSPS) is 20.4. The molecule has 1 atom stereocenters. The van der Waals surface area contributed by atoms with Crippen LogP contribution in [0.4, 0.5) is 0 Å². The van der Waals surface area contributed by atoms with E-state index in [4.69, 9.17) is 0 Å². The second-order valence-electron chi connectivity index (χ2n) is 7.08. The monoisotopic (exact) mass is 308 g/mol. The molecule has 122 valence electrons. The fraction of sp³-hybridized carbons (Fsp3) is 0.625. The first-order chi connectivity index (χ1) is 9.96. The molecule has 1 heterocycles. The lowest BCUT2D eigenvalue weighted by Crippen LogP contribution is -2.60. The minimum Gasteiger partial charge on any atom is -0.544 e. The van der Waals surface area contributed by atoms with Gasteiger partial charge in [0.1, 0.15) is 24.0 Å². The van der Waals surface area contributed by atoms with Crippen molar-refractivity contribution in [2.24, 2.45) is 10.4 Å². The number of hydrogen-bond acceptors (Lipinski definition) is 5. The molecule has 22 heavy (non-hydrogen) atoms. The molecular weight excluding hydrogens is 284 g/mol. The number of rotatable bonds is 6. The number of ketones is 2. The molecule has 0 fully saturated rings. The van der Waals surface area contributed by atoms with E-state index >= 15 is 0 Å². The minimum absolute atomic E-state index is 0.0349. The van der Waals surface area contributed by atoms with E-state index in [1.807, 2.05) is 20.8 Å². The van der Waals surface area contributed by atoms with Crippen LogP contribution in [-0.2, 0) is 14.4 Å². The van der Waals surface area contributed by atoms with Gasteiger partial charge in [-0.3, -0.25) is 14.1 Å². The first-order valence-corrected chi connectivity index (χ1v) is 7.29. The second kappa shape index (κ2) is 6.52. The van der Waals surface area contributed by atoms with Crippen LogP contribution >= 0.6 is 0 Å². The molecule has 0 N–H and O–H groups in total. The van der Waals surface area contributed by atoms with Gasteiger partial charge in [0.15, 0.2) is 6.04 Å². The van der Waals surface area contributed by atoms with Crippen LogP contribution in [0.3, 0.4) is 0 Å². The third-order valence-corrected chi connectivity index (χ3v) is 3.92. The van der Waals surface area contributed by atoms with E-state index in [1.54, 1.807) is 14.1 Å². The van der Waals surface area contributed by atoms with Gasteiger partial charge >= 0.3 is 0 Å². The molecule has 0 bridgehead atoms. The van der Waals surface area contributed by atoms with Crippen molar-refractivity contribution in [3.8, 4) is 0 Å². The molecule has 0 aromatic heterocycles. The predicted molar refractivity (Wildman–Crippen MR) is 80.8 cm³/mol. The highest BCUT2D eigenvalue weighted by Gasteiger charge is 2.36. The average molecular weight is 308 g/mol. The Bertz CT molecular complexity index is 539. The van der Waals surface area contributed by atoms with Crippen molar-refractivity contribution in [1.82, 2.24) is 0 Å². The number of nitrogens with zero attached hydrogens (tertiary/aromatic N) is 2. The molecule has 1 aliphatic heterocycles. The Morgan fingerprint density at radius 1 is 1.23 bits per heavy atom. The fourth-order valence-corrected chi connectivity index (χ4v) is 2.22. The molecule has 0 aromatic rings. The van der Waals surface area contributed by atoms with Gasteiger partial charge in [0, 0.05) is 24.5 Å². The van der Waals surface area contributed by atoms with E-state index in [-0.39, 0.29) is 35.3 Å². The van der Waals surface area contributed by atoms with Gasteiger partial charge in [-0.25, -0.2) is 4.99 Å².